The van der Waals surface area contributed by atoms with E-state index in [1.54, 1.807) is 18.2 Å². The summed E-state index contributed by atoms with van der Waals surface area (Å²) in [6.07, 6.45) is 0. The van der Waals surface area contributed by atoms with Crippen LogP contribution in [-0.2, 0) is 9.59 Å². The van der Waals surface area contributed by atoms with Crippen molar-refractivity contribution in [2.24, 2.45) is 0 Å². The Morgan fingerprint density at radius 2 is 1.63 bits per heavy atom. The second-order valence-electron chi connectivity index (χ2n) is 8.79. The van der Waals surface area contributed by atoms with Crippen molar-refractivity contribution in [3.05, 3.63) is 76.9 Å². The van der Waals surface area contributed by atoms with E-state index < -0.39 is 30.6 Å². The van der Waals surface area contributed by atoms with E-state index in [9.17, 15) is 19.8 Å². The number of hydrogen-bond donors (Lipinski definition) is 2. The Hall–Kier alpha value is -4.44. The lowest BCUT2D eigenvalue weighted by Crippen LogP contribution is -2.33. The van der Waals surface area contributed by atoms with Crippen LogP contribution in [0, 0.1) is 0 Å². The predicted octanol–water partition coefficient (Wildman–Crippen LogP) is 3.87. The minimum Gasteiger partial charge on any atom is -0.497 e. The Labute approximate surface area is 218 Å². The number of fused-ring (bicyclic) bond motifs is 2. The highest BCUT2D eigenvalue weighted by Crippen LogP contribution is 2.52. The van der Waals surface area contributed by atoms with Crippen molar-refractivity contribution in [3.63, 3.8) is 0 Å². The number of nitrogens with zero attached hydrogens (tertiary/aromatic N) is 1. The Kier molecular flexibility index (Phi) is 6.97. The molecule has 3 aromatic carbocycles. The summed E-state index contributed by atoms with van der Waals surface area (Å²) in [7, 11) is 1.50. The fraction of sp³-hybridized carbons (Fsp3) is 0.286. The number of methoxy groups -OCH3 is 1. The Balaban J connectivity index is 1.70. The molecule has 0 radical (unpaired) electrons. The molecule has 2 aliphatic rings. The van der Waals surface area contributed by atoms with Crippen LogP contribution in [0.5, 0.6) is 28.7 Å². The molecular formula is C28H27NO9. The van der Waals surface area contributed by atoms with E-state index in [0.717, 1.165) is 16.7 Å². The van der Waals surface area contributed by atoms with E-state index in [4.69, 9.17) is 23.7 Å². The van der Waals surface area contributed by atoms with Gasteiger partial charge < -0.3 is 33.9 Å². The largest absolute Gasteiger partial charge is 0.497 e. The molecule has 10 heteroatoms. The number of carbonyl (C=O) groups is 2. The first-order chi connectivity index (χ1) is 18.4. The van der Waals surface area contributed by atoms with Gasteiger partial charge in [0.1, 0.15) is 17.2 Å². The average Bonchev–Trinajstić information content (AvgIpc) is 3.48. The quantitative estimate of drug-likeness (QED) is 0.406. The lowest BCUT2D eigenvalue weighted by molar-refractivity contribution is -0.139. The van der Waals surface area contributed by atoms with Crippen molar-refractivity contribution in [3.8, 4) is 28.7 Å². The zero-order valence-corrected chi connectivity index (χ0v) is 20.9. The zero-order chi connectivity index (χ0) is 26.8. The van der Waals surface area contributed by atoms with Crippen molar-refractivity contribution in [2.45, 2.75) is 19.0 Å². The minimum absolute atomic E-state index is 0.120. The fourth-order valence-electron chi connectivity index (χ4n) is 5.07. The average molecular weight is 522 g/mol. The molecule has 0 bridgehead atoms. The van der Waals surface area contributed by atoms with Crippen molar-refractivity contribution in [1.29, 1.82) is 0 Å². The van der Waals surface area contributed by atoms with Gasteiger partial charge in [0.2, 0.25) is 6.79 Å². The van der Waals surface area contributed by atoms with E-state index >= 15 is 0 Å². The van der Waals surface area contributed by atoms with Gasteiger partial charge in [0.25, 0.3) is 0 Å². The summed E-state index contributed by atoms with van der Waals surface area (Å²) in [5.74, 6) is 0.464. The molecule has 2 heterocycles. The molecule has 0 saturated carbocycles. The van der Waals surface area contributed by atoms with Gasteiger partial charge in [-0.3, -0.25) is 9.69 Å². The molecule has 0 saturated heterocycles. The Morgan fingerprint density at radius 3 is 2.37 bits per heavy atom. The molecule has 0 amide bonds. The van der Waals surface area contributed by atoms with Crippen LogP contribution >= 0.6 is 0 Å². The third-order valence-corrected chi connectivity index (χ3v) is 6.52. The lowest BCUT2D eigenvalue weighted by atomic mass is 9.94. The summed E-state index contributed by atoms with van der Waals surface area (Å²) in [4.78, 5) is 25.4. The van der Waals surface area contributed by atoms with Crippen molar-refractivity contribution < 1.29 is 43.5 Å². The number of ether oxygens (including phenoxy) is 5. The van der Waals surface area contributed by atoms with Gasteiger partial charge in [-0.1, -0.05) is 12.1 Å². The molecule has 2 N–H and O–H groups in total. The molecule has 3 aromatic rings. The molecule has 0 fully saturated rings. The lowest BCUT2D eigenvalue weighted by Gasteiger charge is -2.31. The Bertz CT molecular complexity index is 1370. The number of benzene rings is 3. The monoisotopic (exact) mass is 521 g/mol. The van der Waals surface area contributed by atoms with E-state index in [1.165, 1.54) is 7.11 Å². The molecule has 2 atom stereocenters. The summed E-state index contributed by atoms with van der Waals surface area (Å²) in [6, 6.07) is 15.3. The SMILES string of the molecule is CCOc1ccc2c(c1)[C@@H](c1ccc(OC)cc1OCC(=O)O)N(CC(=O)O)[C@@H]2c1ccc2c(c1)OCO2. The van der Waals surface area contributed by atoms with Gasteiger partial charge >= 0.3 is 11.9 Å². The normalized spacial score (nSPS) is 17.6. The molecule has 0 spiro atoms. The van der Waals surface area contributed by atoms with Gasteiger partial charge in [0.15, 0.2) is 18.1 Å². The number of aliphatic carboxylic acids is 2. The first kappa shape index (κ1) is 25.2. The fourth-order valence-corrected chi connectivity index (χ4v) is 5.07. The van der Waals surface area contributed by atoms with Crippen LogP contribution in [-0.4, -0.2) is 60.7 Å². The van der Waals surface area contributed by atoms with Crippen molar-refractivity contribution in [2.75, 3.05) is 33.7 Å². The van der Waals surface area contributed by atoms with Crippen LogP contribution in [0.25, 0.3) is 0 Å². The number of carboxylic acid groups (broad SMARTS) is 2. The minimum atomic E-state index is -1.13. The molecule has 10 nitrogen and oxygen atoms in total. The maximum atomic E-state index is 12.2. The predicted molar refractivity (Wildman–Crippen MR) is 134 cm³/mol. The van der Waals surface area contributed by atoms with Crippen LogP contribution in [0.2, 0.25) is 0 Å². The molecule has 0 aliphatic carbocycles. The molecule has 5 rings (SSSR count). The smallest absolute Gasteiger partial charge is 0.341 e. The maximum Gasteiger partial charge on any atom is 0.341 e. The molecule has 38 heavy (non-hydrogen) atoms. The zero-order valence-electron chi connectivity index (χ0n) is 20.9. The molecule has 198 valence electrons. The molecule has 0 unspecified atom stereocenters. The summed E-state index contributed by atoms with van der Waals surface area (Å²) in [5.41, 5.74) is 3.14. The first-order valence-electron chi connectivity index (χ1n) is 12.1. The van der Waals surface area contributed by atoms with E-state index in [-0.39, 0.29) is 19.1 Å². The topological polar surface area (TPSA) is 124 Å². The molecule has 2 aliphatic heterocycles. The van der Waals surface area contributed by atoms with Crippen molar-refractivity contribution >= 4 is 11.9 Å². The third-order valence-electron chi connectivity index (χ3n) is 6.52. The number of hydrogen-bond acceptors (Lipinski definition) is 8. The van der Waals surface area contributed by atoms with Crippen molar-refractivity contribution in [1.82, 2.24) is 4.90 Å². The highest BCUT2D eigenvalue weighted by molar-refractivity contribution is 5.71. The first-order valence-corrected chi connectivity index (χ1v) is 12.1. The summed E-state index contributed by atoms with van der Waals surface area (Å²) in [5, 5.41) is 19.2. The Morgan fingerprint density at radius 1 is 0.868 bits per heavy atom. The van der Waals surface area contributed by atoms with E-state index in [2.05, 4.69) is 0 Å². The van der Waals surface area contributed by atoms with Crippen LogP contribution in [0.1, 0.15) is 41.3 Å². The van der Waals surface area contributed by atoms with Gasteiger partial charge in [-0.2, -0.15) is 0 Å². The highest BCUT2D eigenvalue weighted by Gasteiger charge is 2.43. The van der Waals surface area contributed by atoms with Gasteiger partial charge in [0, 0.05) is 11.6 Å². The van der Waals surface area contributed by atoms with Crippen LogP contribution in [0.15, 0.2) is 54.6 Å². The molecule has 0 aromatic heterocycles. The highest BCUT2D eigenvalue weighted by atomic mass is 16.7. The van der Waals surface area contributed by atoms with E-state index in [1.807, 2.05) is 48.2 Å². The van der Waals surface area contributed by atoms with Crippen LogP contribution < -0.4 is 23.7 Å². The van der Waals surface area contributed by atoms with Gasteiger partial charge in [0.05, 0.1) is 32.3 Å². The second-order valence-corrected chi connectivity index (χ2v) is 8.79. The van der Waals surface area contributed by atoms with Gasteiger partial charge in [-0.25, -0.2) is 4.79 Å². The second kappa shape index (κ2) is 10.5. The third kappa shape index (κ3) is 4.78. The number of rotatable bonds is 10. The van der Waals surface area contributed by atoms with Crippen LogP contribution in [0.3, 0.4) is 0 Å². The summed E-state index contributed by atoms with van der Waals surface area (Å²) >= 11 is 0. The summed E-state index contributed by atoms with van der Waals surface area (Å²) in [6.45, 7) is 1.60. The molecular weight excluding hydrogens is 494 g/mol. The van der Waals surface area contributed by atoms with E-state index in [0.29, 0.717) is 35.2 Å². The van der Waals surface area contributed by atoms with Gasteiger partial charge in [-0.15, -0.1) is 0 Å². The summed E-state index contributed by atoms with van der Waals surface area (Å²) < 4.78 is 27.9. The standard InChI is InChI=1S/C28H27NO9/c1-3-35-18-6-7-19-21(11-18)28(20-8-5-17(34-2)12-23(20)36-14-26(32)33)29(13-25(30)31)27(19)16-4-9-22-24(10-16)38-15-37-22/h4-12,27-28H,3,13-15H2,1-2H3,(H,30,31)(H,32,33)/t27-,28-/m1/s1. The van der Waals surface area contributed by atoms with Gasteiger partial charge in [-0.05, 0) is 60.0 Å². The number of carboxylic acids is 2. The maximum absolute atomic E-state index is 12.2. The van der Waals surface area contributed by atoms with Crippen LogP contribution in [0.4, 0.5) is 0 Å².